The van der Waals surface area contributed by atoms with Gasteiger partial charge in [-0.1, -0.05) is 59.6 Å². The van der Waals surface area contributed by atoms with Crippen LogP contribution in [-0.4, -0.2) is 0 Å². The van der Waals surface area contributed by atoms with Crippen LogP contribution in [0.1, 0.15) is 27.6 Å². The van der Waals surface area contributed by atoms with Gasteiger partial charge in [0.05, 0.1) is 10.4 Å². The van der Waals surface area contributed by atoms with Crippen LogP contribution in [-0.2, 0) is 0 Å². The Morgan fingerprint density at radius 1 is 0.833 bits per heavy atom. The molecular formula is C15H9Cl3. The van der Waals surface area contributed by atoms with Crippen LogP contribution in [0.3, 0.4) is 0 Å². The smallest absolute Gasteiger partial charge is 0.0848 e. The van der Waals surface area contributed by atoms with Crippen molar-refractivity contribution in [3.63, 3.8) is 0 Å². The zero-order chi connectivity index (χ0) is 12.7. The van der Waals surface area contributed by atoms with Gasteiger partial charge in [-0.25, -0.2) is 0 Å². The molecule has 0 aliphatic heterocycles. The quantitative estimate of drug-likeness (QED) is 0.545. The lowest BCUT2D eigenvalue weighted by molar-refractivity contribution is 1.13. The molecule has 0 spiro atoms. The summed E-state index contributed by atoms with van der Waals surface area (Å²) in [5.74, 6) is 0. The van der Waals surface area contributed by atoms with Gasteiger partial charge in [-0.2, -0.15) is 0 Å². The van der Waals surface area contributed by atoms with E-state index in [4.69, 9.17) is 34.8 Å². The van der Waals surface area contributed by atoms with E-state index in [0.717, 1.165) is 22.3 Å². The maximum absolute atomic E-state index is 6.57. The van der Waals surface area contributed by atoms with Crippen molar-refractivity contribution in [2.24, 2.45) is 0 Å². The molecular weight excluding hydrogens is 287 g/mol. The fourth-order valence-electron chi connectivity index (χ4n) is 2.25. The normalized spacial score (nSPS) is 17.5. The molecule has 0 saturated carbocycles. The first-order valence-corrected chi connectivity index (χ1v) is 6.76. The van der Waals surface area contributed by atoms with Gasteiger partial charge < -0.3 is 0 Å². The minimum Gasteiger partial charge on any atom is -0.113 e. The molecule has 0 nitrogen and oxygen atoms in total. The van der Waals surface area contributed by atoms with Gasteiger partial charge in [-0.3, -0.25) is 0 Å². The Hall–Kier alpha value is -0.950. The summed E-state index contributed by atoms with van der Waals surface area (Å²) in [4.78, 5) is 0. The second kappa shape index (κ2) is 4.62. The summed E-state index contributed by atoms with van der Waals surface area (Å²) < 4.78 is 0. The third-order valence-corrected chi connectivity index (χ3v) is 4.19. The maximum Gasteiger partial charge on any atom is 0.0848 e. The molecule has 0 N–H and O–H groups in total. The molecule has 2 aromatic carbocycles. The van der Waals surface area contributed by atoms with Gasteiger partial charge >= 0.3 is 0 Å². The van der Waals surface area contributed by atoms with Crippen molar-refractivity contribution in [2.45, 2.75) is 5.38 Å². The highest BCUT2D eigenvalue weighted by atomic mass is 35.5. The van der Waals surface area contributed by atoms with E-state index in [-0.39, 0.29) is 5.38 Å². The van der Waals surface area contributed by atoms with Gasteiger partial charge in [-0.15, -0.1) is 11.6 Å². The molecule has 90 valence electrons. The van der Waals surface area contributed by atoms with Crippen molar-refractivity contribution in [3.8, 4) is 0 Å². The third-order valence-electron chi connectivity index (χ3n) is 3.11. The van der Waals surface area contributed by atoms with Crippen molar-refractivity contribution in [2.75, 3.05) is 0 Å². The molecule has 0 aromatic heterocycles. The lowest BCUT2D eigenvalue weighted by atomic mass is 9.99. The summed E-state index contributed by atoms with van der Waals surface area (Å²) in [6, 6.07) is 13.7. The summed E-state index contributed by atoms with van der Waals surface area (Å²) in [5.41, 5.74) is 3.88. The van der Waals surface area contributed by atoms with E-state index in [9.17, 15) is 0 Å². The van der Waals surface area contributed by atoms with E-state index in [2.05, 4.69) is 0 Å². The van der Waals surface area contributed by atoms with Crippen molar-refractivity contribution >= 4 is 45.9 Å². The topological polar surface area (TPSA) is 0 Å². The molecule has 0 fully saturated rings. The molecule has 0 bridgehead atoms. The maximum atomic E-state index is 6.57. The molecule has 1 aliphatic rings. The van der Waals surface area contributed by atoms with E-state index >= 15 is 0 Å². The second-order valence-corrected chi connectivity index (χ2v) is 5.44. The lowest BCUT2D eigenvalue weighted by Crippen LogP contribution is -1.97. The van der Waals surface area contributed by atoms with Crippen LogP contribution >= 0.6 is 34.8 Å². The average Bonchev–Trinajstić information content (AvgIpc) is 2.47. The average molecular weight is 296 g/mol. The largest absolute Gasteiger partial charge is 0.113 e. The number of halogens is 3. The first-order chi connectivity index (χ1) is 8.68. The molecule has 3 heteroatoms. The van der Waals surface area contributed by atoms with Gasteiger partial charge in [-0.05, 0) is 28.8 Å². The minimum absolute atomic E-state index is 0.234. The molecule has 2 aromatic rings. The van der Waals surface area contributed by atoms with Crippen molar-refractivity contribution in [1.29, 1.82) is 0 Å². The first kappa shape index (κ1) is 12.1. The lowest BCUT2D eigenvalue weighted by Gasteiger charge is -2.14. The highest BCUT2D eigenvalue weighted by molar-refractivity contribution is 6.53. The molecule has 1 atom stereocenters. The van der Waals surface area contributed by atoms with Crippen LogP contribution in [0.25, 0.3) is 11.1 Å². The predicted molar refractivity (Wildman–Crippen MR) is 79.3 cm³/mol. The van der Waals surface area contributed by atoms with E-state index in [1.54, 1.807) is 0 Å². The van der Waals surface area contributed by atoms with E-state index < -0.39 is 0 Å². The number of fused-ring (bicyclic) bond motifs is 2. The first-order valence-electron chi connectivity index (χ1n) is 5.57. The Morgan fingerprint density at radius 2 is 1.56 bits per heavy atom. The molecule has 0 saturated heterocycles. The zero-order valence-corrected chi connectivity index (χ0v) is 11.6. The van der Waals surface area contributed by atoms with Crippen LogP contribution in [0, 0.1) is 0 Å². The summed E-state index contributed by atoms with van der Waals surface area (Å²) in [5, 5.41) is 1.03. The number of benzene rings is 2. The van der Waals surface area contributed by atoms with Crippen LogP contribution in [0.2, 0.25) is 5.02 Å². The van der Waals surface area contributed by atoms with Crippen molar-refractivity contribution in [3.05, 3.63) is 69.7 Å². The van der Waals surface area contributed by atoms with Gasteiger partial charge in [0.25, 0.3) is 0 Å². The highest BCUT2D eigenvalue weighted by Gasteiger charge is 2.23. The monoisotopic (exact) mass is 294 g/mol. The van der Waals surface area contributed by atoms with Crippen LogP contribution < -0.4 is 0 Å². The number of rotatable bonds is 0. The number of alkyl halides is 1. The molecule has 1 unspecified atom stereocenters. The Kier molecular flexibility index (Phi) is 3.11. The van der Waals surface area contributed by atoms with Crippen molar-refractivity contribution < 1.29 is 0 Å². The summed E-state index contributed by atoms with van der Waals surface area (Å²) in [6.45, 7) is 0. The molecule has 0 heterocycles. The number of hydrogen-bond acceptors (Lipinski definition) is 0. The van der Waals surface area contributed by atoms with E-state index in [1.807, 2.05) is 48.5 Å². The third kappa shape index (κ3) is 1.85. The summed E-state index contributed by atoms with van der Waals surface area (Å²) in [7, 11) is 0. The van der Waals surface area contributed by atoms with Gasteiger partial charge in [0.15, 0.2) is 0 Å². The zero-order valence-electron chi connectivity index (χ0n) is 9.33. The van der Waals surface area contributed by atoms with E-state index in [0.29, 0.717) is 10.1 Å². The molecule has 0 radical (unpaired) electrons. The SMILES string of the molecule is ClC1=Cc2ccccc2C(Cl)c2cccc(Cl)c21. The highest BCUT2D eigenvalue weighted by Crippen LogP contribution is 2.43. The van der Waals surface area contributed by atoms with E-state index in [1.165, 1.54) is 0 Å². The molecule has 1 aliphatic carbocycles. The standard InChI is InChI=1S/C15H9Cl3/c16-12-7-3-6-11-14(12)13(17)8-9-4-1-2-5-10(9)15(11)18/h1-8,15H. The van der Waals surface area contributed by atoms with Crippen LogP contribution in [0.5, 0.6) is 0 Å². The van der Waals surface area contributed by atoms with Gasteiger partial charge in [0.1, 0.15) is 0 Å². The Bertz CT molecular complexity index is 644. The summed E-state index contributed by atoms with van der Waals surface area (Å²) in [6.07, 6.45) is 1.92. The molecule has 0 amide bonds. The van der Waals surface area contributed by atoms with Crippen LogP contribution in [0.4, 0.5) is 0 Å². The predicted octanol–water partition coefficient (Wildman–Crippen LogP) is 5.72. The fourth-order valence-corrected chi connectivity index (χ4v) is 3.29. The Balaban J connectivity index is 2.35. The van der Waals surface area contributed by atoms with Gasteiger partial charge in [0, 0.05) is 10.6 Å². The minimum atomic E-state index is -0.234. The fraction of sp³-hybridized carbons (Fsp3) is 0.0667. The van der Waals surface area contributed by atoms with Crippen molar-refractivity contribution in [1.82, 2.24) is 0 Å². The van der Waals surface area contributed by atoms with Crippen LogP contribution in [0.15, 0.2) is 42.5 Å². The number of hydrogen-bond donors (Lipinski definition) is 0. The Morgan fingerprint density at radius 3 is 2.39 bits per heavy atom. The Labute approximate surface area is 121 Å². The molecule has 18 heavy (non-hydrogen) atoms. The molecule has 3 rings (SSSR count). The van der Waals surface area contributed by atoms with Gasteiger partial charge in [0.2, 0.25) is 0 Å². The second-order valence-electron chi connectivity index (χ2n) is 4.19. The summed E-state index contributed by atoms with van der Waals surface area (Å²) >= 11 is 19.2.